The fraction of sp³-hybridized carbons (Fsp3) is 0.278. The highest BCUT2D eigenvalue weighted by atomic mass is 16.5. The van der Waals surface area contributed by atoms with Crippen LogP contribution in [0.25, 0.3) is 5.69 Å². The minimum Gasteiger partial charge on any atom is -0.361 e. The zero-order chi connectivity index (χ0) is 17.8. The average molecular weight is 339 g/mol. The SMILES string of the molecule is Cc1noc(C)c1C[C@@H](C)NC(=O)Nc1cccc(-n2cccn2)c1. The van der Waals surface area contributed by atoms with Gasteiger partial charge in [-0.2, -0.15) is 5.10 Å². The molecule has 0 spiro atoms. The Hall–Kier alpha value is -3.09. The van der Waals surface area contributed by atoms with Crippen LogP contribution in [0, 0.1) is 13.8 Å². The lowest BCUT2D eigenvalue weighted by atomic mass is 10.1. The summed E-state index contributed by atoms with van der Waals surface area (Å²) in [6.07, 6.45) is 4.23. The lowest BCUT2D eigenvalue weighted by Crippen LogP contribution is -2.37. The Labute approximate surface area is 146 Å². The number of carbonyl (C=O) groups excluding carboxylic acids is 1. The normalized spacial score (nSPS) is 12.0. The molecule has 0 aliphatic rings. The fourth-order valence-corrected chi connectivity index (χ4v) is 2.69. The van der Waals surface area contributed by atoms with Gasteiger partial charge in [0.2, 0.25) is 0 Å². The average Bonchev–Trinajstić information content (AvgIpc) is 3.21. The van der Waals surface area contributed by atoms with Gasteiger partial charge in [-0.15, -0.1) is 0 Å². The molecule has 0 radical (unpaired) electrons. The van der Waals surface area contributed by atoms with Crippen LogP contribution in [0.4, 0.5) is 10.5 Å². The first kappa shape index (κ1) is 16.8. The third kappa shape index (κ3) is 4.06. The summed E-state index contributed by atoms with van der Waals surface area (Å²) in [6, 6.07) is 9.05. The summed E-state index contributed by atoms with van der Waals surface area (Å²) >= 11 is 0. The van der Waals surface area contributed by atoms with E-state index in [0.29, 0.717) is 12.1 Å². The second-order valence-electron chi connectivity index (χ2n) is 6.01. The maximum absolute atomic E-state index is 12.2. The number of nitrogens with zero attached hydrogens (tertiary/aromatic N) is 3. The molecule has 0 saturated heterocycles. The van der Waals surface area contributed by atoms with Gasteiger partial charge in [-0.25, -0.2) is 9.48 Å². The van der Waals surface area contributed by atoms with Crippen LogP contribution in [0.3, 0.4) is 0 Å². The molecule has 130 valence electrons. The molecule has 0 fully saturated rings. The highest BCUT2D eigenvalue weighted by molar-refractivity contribution is 5.89. The molecular formula is C18H21N5O2. The summed E-state index contributed by atoms with van der Waals surface area (Å²) in [5.74, 6) is 0.790. The molecule has 1 atom stereocenters. The zero-order valence-corrected chi connectivity index (χ0v) is 14.5. The summed E-state index contributed by atoms with van der Waals surface area (Å²) < 4.78 is 6.90. The number of nitrogens with one attached hydrogen (secondary N) is 2. The molecule has 2 aromatic heterocycles. The Bertz CT molecular complexity index is 835. The number of urea groups is 1. The van der Waals surface area contributed by atoms with E-state index in [9.17, 15) is 4.79 Å². The fourth-order valence-electron chi connectivity index (χ4n) is 2.69. The number of anilines is 1. The molecule has 25 heavy (non-hydrogen) atoms. The van der Waals surface area contributed by atoms with Crippen molar-refractivity contribution in [2.75, 3.05) is 5.32 Å². The number of aromatic nitrogens is 3. The van der Waals surface area contributed by atoms with E-state index in [1.165, 1.54) is 0 Å². The summed E-state index contributed by atoms with van der Waals surface area (Å²) in [5.41, 5.74) is 3.48. The zero-order valence-electron chi connectivity index (χ0n) is 14.5. The summed E-state index contributed by atoms with van der Waals surface area (Å²) in [4.78, 5) is 12.2. The predicted octanol–water partition coefficient (Wildman–Crippen LogP) is 3.23. The van der Waals surface area contributed by atoms with Gasteiger partial charge in [0.25, 0.3) is 0 Å². The van der Waals surface area contributed by atoms with E-state index in [0.717, 1.165) is 22.7 Å². The van der Waals surface area contributed by atoms with Crippen LogP contribution in [-0.2, 0) is 6.42 Å². The third-order valence-electron chi connectivity index (χ3n) is 3.94. The molecule has 2 heterocycles. The van der Waals surface area contributed by atoms with Crippen LogP contribution in [-0.4, -0.2) is 27.0 Å². The second-order valence-corrected chi connectivity index (χ2v) is 6.01. The van der Waals surface area contributed by atoms with Crippen molar-refractivity contribution in [3.63, 3.8) is 0 Å². The molecule has 0 aliphatic heterocycles. The number of amides is 2. The monoisotopic (exact) mass is 339 g/mol. The van der Waals surface area contributed by atoms with E-state index >= 15 is 0 Å². The lowest BCUT2D eigenvalue weighted by molar-refractivity contribution is 0.249. The standard InChI is InChI=1S/C18H21N5O2/c1-12(10-17-13(2)22-25-14(17)3)20-18(24)21-15-6-4-7-16(11-15)23-9-5-8-19-23/h4-9,11-12H,10H2,1-3H3,(H2,20,21,24)/t12-/m1/s1. The molecule has 1 aromatic carbocycles. The maximum Gasteiger partial charge on any atom is 0.319 e. The molecule has 2 N–H and O–H groups in total. The predicted molar refractivity (Wildman–Crippen MR) is 94.9 cm³/mol. The minimum absolute atomic E-state index is 0.0499. The Morgan fingerprint density at radius 1 is 1.32 bits per heavy atom. The van der Waals surface area contributed by atoms with E-state index in [1.807, 2.05) is 57.3 Å². The molecule has 7 heteroatoms. The van der Waals surface area contributed by atoms with Crippen LogP contribution in [0.15, 0.2) is 47.2 Å². The molecule has 2 amide bonds. The number of benzene rings is 1. The van der Waals surface area contributed by atoms with Gasteiger partial charge in [0, 0.05) is 29.7 Å². The highest BCUT2D eigenvalue weighted by Gasteiger charge is 2.14. The number of rotatable bonds is 5. The quantitative estimate of drug-likeness (QED) is 0.747. The number of hydrogen-bond acceptors (Lipinski definition) is 4. The molecular weight excluding hydrogens is 318 g/mol. The molecule has 3 rings (SSSR count). The molecule has 0 unspecified atom stereocenters. The maximum atomic E-state index is 12.2. The number of aryl methyl sites for hydroxylation is 2. The van der Waals surface area contributed by atoms with Crippen LogP contribution in [0.2, 0.25) is 0 Å². The van der Waals surface area contributed by atoms with Crippen molar-refractivity contribution in [3.05, 3.63) is 59.7 Å². The van der Waals surface area contributed by atoms with Crippen molar-refractivity contribution in [2.24, 2.45) is 0 Å². The van der Waals surface area contributed by atoms with Crippen LogP contribution in [0.1, 0.15) is 23.9 Å². The Kier molecular flexibility index (Phi) is 4.83. The molecule has 0 bridgehead atoms. The third-order valence-corrected chi connectivity index (χ3v) is 3.94. The van der Waals surface area contributed by atoms with Crippen molar-refractivity contribution in [1.29, 1.82) is 0 Å². The number of carbonyl (C=O) groups is 1. The van der Waals surface area contributed by atoms with E-state index in [2.05, 4.69) is 20.9 Å². The lowest BCUT2D eigenvalue weighted by Gasteiger charge is -2.15. The van der Waals surface area contributed by atoms with Crippen LogP contribution < -0.4 is 10.6 Å². The van der Waals surface area contributed by atoms with E-state index in [4.69, 9.17) is 4.52 Å². The van der Waals surface area contributed by atoms with Gasteiger partial charge in [-0.05, 0) is 51.5 Å². The highest BCUT2D eigenvalue weighted by Crippen LogP contribution is 2.15. The van der Waals surface area contributed by atoms with Crippen molar-refractivity contribution in [3.8, 4) is 5.69 Å². The number of hydrogen-bond donors (Lipinski definition) is 2. The van der Waals surface area contributed by atoms with Gasteiger partial charge >= 0.3 is 6.03 Å². The Morgan fingerprint density at radius 3 is 2.84 bits per heavy atom. The van der Waals surface area contributed by atoms with Gasteiger partial charge in [0.15, 0.2) is 0 Å². The smallest absolute Gasteiger partial charge is 0.319 e. The summed E-state index contributed by atoms with van der Waals surface area (Å²) in [6.45, 7) is 5.73. The van der Waals surface area contributed by atoms with Crippen molar-refractivity contribution >= 4 is 11.7 Å². The van der Waals surface area contributed by atoms with Gasteiger partial charge in [0.05, 0.1) is 11.4 Å². The van der Waals surface area contributed by atoms with Crippen molar-refractivity contribution in [2.45, 2.75) is 33.2 Å². The Morgan fingerprint density at radius 2 is 2.16 bits per heavy atom. The van der Waals surface area contributed by atoms with Crippen LogP contribution >= 0.6 is 0 Å². The second kappa shape index (κ2) is 7.21. The molecule has 0 saturated carbocycles. The van der Waals surface area contributed by atoms with Gasteiger partial charge in [-0.3, -0.25) is 0 Å². The van der Waals surface area contributed by atoms with Gasteiger partial charge in [-0.1, -0.05) is 11.2 Å². The van der Waals surface area contributed by atoms with E-state index < -0.39 is 0 Å². The minimum atomic E-state index is -0.253. The summed E-state index contributed by atoms with van der Waals surface area (Å²) in [5, 5.41) is 13.9. The first-order valence-electron chi connectivity index (χ1n) is 8.12. The van der Waals surface area contributed by atoms with Gasteiger partial charge in [0.1, 0.15) is 5.76 Å². The molecule has 0 aliphatic carbocycles. The largest absolute Gasteiger partial charge is 0.361 e. The first-order chi connectivity index (χ1) is 12.0. The topological polar surface area (TPSA) is 85.0 Å². The van der Waals surface area contributed by atoms with Crippen molar-refractivity contribution in [1.82, 2.24) is 20.3 Å². The van der Waals surface area contributed by atoms with Gasteiger partial charge < -0.3 is 15.2 Å². The molecule has 3 aromatic rings. The van der Waals surface area contributed by atoms with Crippen molar-refractivity contribution < 1.29 is 9.32 Å². The van der Waals surface area contributed by atoms with E-state index in [-0.39, 0.29) is 12.1 Å². The first-order valence-corrected chi connectivity index (χ1v) is 8.12. The Balaban J connectivity index is 1.60. The van der Waals surface area contributed by atoms with E-state index in [1.54, 1.807) is 10.9 Å². The molecule has 7 nitrogen and oxygen atoms in total. The summed E-state index contributed by atoms with van der Waals surface area (Å²) in [7, 11) is 0. The van der Waals surface area contributed by atoms with Crippen LogP contribution in [0.5, 0.6) is 0 Å².